The standard InChI is InChI=1S/C18H23N5O2/c1-14-20-15(2)23(21-14)13-18-12-22(7-9-25-18)6-8-24-17-5-3-4-16(10-17)11-19/h3-5,10,18H,6-9,12-13H2,1-2H3/t18-/m1/s1. The van der Waals surface area contributed by atoms with Crippen molar-refractivity contribution in [3.8, 4) is 11.8 Å². The smallest absolute Gasteiger partial charge is 0.147 e. The fourth-order valence-electron chi connectivity index (χ4n) is 2.97. The topological polar surface area (TPSA) is 76.2 Å². The number of rotatable bonds is 6. The molecule has 1 aliphatic heterocycles. The molecule has 1 fully saturated rings. The average molecular weight is 341 g/mol. The summed E-state index contributed by atoms with van der Waals surface area (Å²) in [6, 6.07) is 9.36. The van der Waals surface area contributed by atoms with Gasteiger partial charge in [0.05, 0.1) is 30.9 Å². The summed E-state index contributed by atoms with van der Waals surface area (Å²) in [6.07, 6.45) is 0.107. The van der Waals surface area contributed by atoms with Crippen LogP contribution in [-0.4, -0.2) is 58.6 Å². The van der Waals surface area contributed by atoms with Gasteiger partial charge in [-0.25, -0.2) is 9.67 Å². The molecule has 7 heteroatoms. The fourth-order valence-corrected chi connectivity index (χ4v) is 2.97. The predicted molar refractivity (Wildman–Crippen MR) is 92.3 cm³/mol. The van der Waals surface area contributed by atoms with Crippen LogP contribution < -0.4 is 4.74 Å². The van der Waals surface area contributed by atoms with E-state index in [9.17, 15) is 0 Å². The Morgan fingerprint density at radius 2 is 2.28 bits per heavy atom. The van der Waals surface area contributed by atoms with E-state index in [0.29, 0.717) is 25.3 Å². The molecule has 1 aliphatic rings. The molecular weight excluding hydrogens is 318 g/mol. The zero-order valence-electron chi connectivity index (χ0n) is 14.7. The second-order valence-electron chi connectivity index (χ2n) is 6.17. The molecular formula is C18H23N5O2. The van der Waals surface area contributed by atoms with Crippen LogP contribution in [-0.2, 0) is 11.3 Å². The van der Waals surface area contributed by atoms with Crippen LogP contribution in [0.25, 0.3) is 0 Å². The average Bonchev–Trinajstić information content (AvgIpc) is 2.92. The van der Waals surface area contributed by atoms with Crippen LogP contribution in [0.4, 0.5) is 0 Å². The minimum Gasteiger partial charge on any atom is -0.492 e. The van der Waals surface area contributed by atoms with Gasteiger partial charge in [-0.05, 0) is 32.0 Å². The maximum Gasteiger partial charge on any atom is 0.147 e. The number of aryl methyl sites for hydroxylation is 2. The van der Waals surface area contributed by atoms with E-state index in [1.807, 2.05) is 30.7 Å². The van der Waals surface area contributed by atoms with Gasteiger partial charge in [0.15, 0.2) is 0 Å². The first-order valence-electron chi connectivity index (χ1n) is 8.49. The largest absolute Gasteiger partial charge is 0.492 e. The number of morpholine rings is 1. The van der Waals surface area contributed by atoms with Crippen LogP contribution in [0.1, 0.15) is 17.2 Å². The van der Waals surface area contributed by atoms with E-state index >= 15 is 0 Å². The predicted octanol–water partition coefficient (Wildman–Crippen LogP) is 1.55. The molecule has 132 valence electrons. The molecule has 2 heterocycles. The van der Waals surface area contributed by atoms with Crippen molar-refractivity contribution >= 4 is 0 Å². The van der Waals surface area contributed by atoms with Gasteiger partial charge >= 0.3 is 0 Å². The zero-order valence-corrected chi connectivity index (χ0v) is 14.7. The highest BCUT2D eigenvalue weighted by Crippen LogP contribution is 2.13. The summed E-state index contributed by atoms with van der Waals surface area (Å²) in [6.45, 7) is 8.44. The third-order valence-electron chi connectivity index (χ3n) is 4.20. The quantitative estimate of drug-likeness (QED) is 0.793. The number of hydrogen-bond acceptors (Lipinski definition) is 6. The molecule has 0 bridgehead atoms. The van der Waals surface area contributed by atoms with Crippen molar-refractivity contribution in [2.45, 2.75) is 26.5 Å². The number of ether oxygens (including phenoxy) is 2. The van der Waals surface area contributed by atoms with Crippen molar-refractivity contribution in [1.29, 1.82) is 5.26 Å². The molecule has 7 nitrogen and oxygen atoms in total. The van der Waals surface area contributed by atoms with Crippen LogP contribution in [0, 0.1) is 25.2 Å². The zero-order chi connectivity index (χ0) is 17.6. The lowest BCUT2D eigenvalue weighted by atomic mass is 10.2. The number of nitrogens with zero attached hydrogens (tertiary/aromatic N) is 5. The van der Waals surface area contributed by atoms with Crippen molar-refractivity contribution in [1.82, 2.24) is 19.7 Å². The Labute approximate surface area is 147 Å². The molecule has 3 rings (SSSR count). The van der Waals surface area contributed by atoms with Gasteiger partial charge in [-0.15, -0.1) is 0 Å². The first kappa shape index (κ1) is 17.4. The lowest BCUT2D eigenvalue weighted by molar-refractivity contribution is -0.0404. The Kier molecular flexibility index (Phi) is 5.64. The Morgan fingerprint density at radius 3 is 3.04 bits per heavy atom. The summed E-state index contributed by atoms with van der Waals surface area (Å²) in [5.41, 5.74) is 0.613. The Hall–Kier alpha value is -2.43. The molecule has 1 aromatic heterocycles. The van der Waals surface area contributed by atoms with Crippen molar-refractivity contribution in [2.24, 2.45) is 0 Å². The highest BCUT2D eigenvalue weighted by atomic mass is 16.5. The van der Waals surface area contributed by atoms with E-state index < -0.39 is 0 Å². The molecule has 1 aromatic carbocycles. The molecule has 0 saturated carbocycles. The second kappa shape index (κ2) is 8.10. The molecule has 0 unspecified atom stereocenters. The third-order valence-corrected chi connectivity index (χ3v) is 4.20. The van der Waals surface area contributed by atoms with Gasteiger partial charge in [0.1, 0.15) is 24.0 Å². The molecule has 2 aromatic rings. The molecule has 1 saturated heterocycles. The summed E-state index contributed by atoms with van der Waals surface area (Å²) in [4.78, 5) is 6.67. The van der Waals surface area contributed by atoms with Gasteiger partial charge in [-0.2, -0.15) is 10.4 Å². The van der Waals surface area contributed by atoms with E-state index in [4.69, 9.17) is 14.7 Å². The second-order valence-corrected chi connectivity index (χ2v) is 6.17. The highest BCUT2D eigenvalue weighted by Gasteiger charge is 2.21. The van der Waals surface area contributed by atoms with Gasteiger partial charge in [-0.1, -0.05) is 6.07 Å². The molecule has 0 spiro atoms. The van der Waals surface area contributed by atoms with E-state index in [1.165, 1.54) is 0 Å². The minimum absolute atomic E-state index is 0.107. The molecule has 25 heavy (non-hydrogen) atoms. The summed E-state index contributed by atoms with van der Waals surface area (Å²) < 4.78 is 13.5. The van der Waals surface area contributed by atoms with Crippen molar-refractivity contribution in [2.75, 3.05) is 32.8 Å². The molecule has 0 aliphatic carbocycles. The van der Waals surface area contributed by atoms with Gasteiger partial charge < -0.3 is 9.47 Å². The van der Waals surface area contributed by atoms with Crippen LogP contribution >= 0.6 is 0 Å². The summed E-state index contributed by atoms with van der Waals surface area (Å²) in [5.74, 6) is 2.44. The first-order chi connectivity index (χ1) is 12.1. The summed E-state index contributed by atoms with van der Waals surface area (Å²) in [5, 5.41) is 13.3. The Bertz CT molecular complexity index is 752. The van der Waals surface area contributed by atoms with Gasteiger partial charge in [0, 0.05) is 19.6 Å². The normalized spacial score (nSPS) is 18.0. The van der Waals surface area contributed by atoms with Crippen molar-refractivity contribution in [3.05, 3.63) is 41.5 Å². The lowest BCUT2D eigenvalue weighted by Gasteiger charge is -2.32. The minimum atomic E-state index is 0.107. The SMILES string of the molecule is Cc1nc(C)n(C[C@H]2CN(CCOc3cccc(C#N)c3)CCO2)n1. The first-order valence-corrected chi connectivity index (χ1v) is 8.49. The molecule has 0 radical (unpaired) electrons. The van der Waals surface area contributed by atoms with Crippen LogP contribution in [0.2, 0.25) is 0 Å². The van der Waals surface area contributed by atoms with Crippen LogP contribution in [0.15, 0.2) is 24.3 Å². The van der Waals surface area contributed by atoms with E-state index in [1.54, 1.807) is 12.1 Å². The lowest BCUT2D eigenvalue weighted by Crippen LogP contribution is -2.45. The Balaban J connectivity index is 1.47. The number of benzene rings is 1. The van der Waals surface area contributed by atoms with Crippen molar-refractivity contribution in [3.63, 3.8) is 0 Å². The maximum absolute atomic E-state index is 8.92. The van der Waals surface area contributed by atoms with E-state index in [2.05, 4.69) is 21.1 Å². The van der Waals surface area contributed by atoms with Crippen LogP contribution in [0.5, 0.6) is 5.75 Å². The maximum atomic E-state index is 8.92. The monoisotopic (exact) mass is 341 g/mol. The van der Waals surface area contributed by atoms with E-state index in [-0.39, 0.29) is 6.10 Å². The van der Waals surface area contributed by atoms with Gasteiger partial charge in [0.25, 0.3) is 0 Å². The third kappa shape index (κ3) is 4.78. The molecule has 0 N–H and O–H groups in total. The molecule has 0 amide bonds. The summed E-state index contributed by atoms with van der Waals surface area (Å²) in [7, 11) is 0. The Morgan fingerprint density at radius 1 is 1.40 bits per heavy atom. The number of aromatic nitrogens is 3. The fraction of sp³-hybridized carbons (Fsp3) is 0.500. The summed E-state index contributed by atoms with van der Waals surface area (Å²) >= 11 is 0. The van der Waals surface area contributed by atoms with Crippen molar-refractivity contribution < 1.29 is 9.47 Å². The van der Waals surface area contributed by atoms with Gasteiger partial charge in [-0.3, -0.25) is 4.90 Å². The number of hydrogen-bond donors (Lipinski definition) is 0. The van der Waals surface area contributed by atoms with E-state index in [0.717, 1.165) is 37.0 Å². The molecule has 1 atom stereocenters. The van der Waals surface area contributed by atoms with Gasteiger partial charge in [0.2, 0.25) is 0 Å². The number of nitriles is 1. The van der Waals surface area contributed by atoms with Crippen LogP contribution in [0.3, 0.4) is 0 Å². The highest BCUT2D eigenvalue weighted by molar-refractivity contribution is 5.36.